The lowest BCUT2D eigenvalue weighted by molar-refractivity contribution is 0.0843. The van der Waals surface area contributed by atoms with Gasteiger partial charge in [-0.2, -0.15) is 5.10 Å². The Hall–Kier alpha value is -3.13. The maximum atomic E-state index is 12.4. The van der Waals surface area contributed by atoms with Gasteiger partial charge in [0.1, 0.15) is 11.5 Å². The van der Waals surface area contributed by atoms with Crippen molar-refractivity contribution < 1.29 is 14.0 Å². The van der Waals surface area contributed by atoms with E-state index in [4.69, 9.17) is 16.0 Å². The summed E-state index contributed by atoms with van der Waals surface area (Å²) in [4.78, 5) is 28.9. The molecule has 0 unspecified atom stereocenters. The molecule has 0 aliphatic rings. The van der Waals surface area contributed by atoms with E-state index in [1.165, 1.54) is 0 Å². The number of hydrazine groups is 1. The number of furan rings is 1. The van der Waals surface area contributed by atoms with Crippen LogP contribution in [0.25, 0.3) is 5.82 Å². The van der Waals surface area contributed by atoms with E-state index in [1.54, 1.807) is 36.7 Å². The lowest BCUT2D eigenvalue weighted by Gasteiger charge is -2.10. The quantitative estimate of drug-likeness (QED) is 0.673. The number of amides is 2. The number of nitrogens with one attached hydrogen (secondary N) is 2. The summed E-state index contributed by atoms with van der Waals surface area (Å²) >= 11 is 6.10. The first-order valence-corrected chi connectivity index (χ1v) is 8.52. The zero-order chi connectivity index (χ0) is 19.7. The van der Waals surface area contributed by atoms with Crippen LogP contribution in [0.15, 0.2) is 28.7 Å². The Morgan fingerprint density at radius 2 is 1.78 bits per heavy atom. The molecule has 3 aromatic rings. The van der Waals surface area contributed by atoms with Crippen molar-refractivity contribution >= 4 is 23.4 Å². The van der Waals surface area contributed by atoms with Gasteiger partial charge in [-0.25, -0.2) is 9.67 Å². The van der Waals surface area contributed by atoms with Crippen LogP contribution in [0.5, 0.6) is 0 Å². The van der Waals surface area contributed by atoms with Gasteiger partial charge in [-0.15, -0.1) is 0 Å². The highest BCUT2D eigenvalue weighted by Gasteiger charge is 2.18. The highest BCUT2D eigenvalue weighted by molar-refractivity contribution is 6.33. The molecule has 0 spiro atoms. The number of hydrogen-bond acceptors (Lipinski definition) is 5. The van der Waals surface area contributed by atoms with Crippen LogP contribution in [0.2, 0.25) is 5.02 Å². The zero-order valence-electron chi connectivity index (χ0n) is 15.3. The Balaban J connectivity index is 1.78. The molecule has 2 amide bonds. The molecular formula is C18H18ClN5O3. The Kier molecular flexibility index (Phi) is 5.00. The number of pyridine rings is 1. The summed E-state index contributed by atoms with van der Waals surface area (Å²) in [7, 11) is 0. The number of halogens is 1. The molecule has 0 aliphatic heterocycles. The van der Waals surface area contributed by atoms with Gasteiger partial charge in [0.15, 0.2) is 11.5 Å². The molecule has 2 N–H and O–H groups in total. The molecule has 0 aromatic carbocycles. The number of aromatic nitrogens is 3. The van der Waals surface area contributed by atoms with E-state index in [1.807, 2.05) is 19.9 Å². The minimum Gasteiger partial charge on any atom is -0.466 e. The number of nitrogens with zero attached hydrogens (tertiary/aromatic N) is 3. The van der Waals surface area contributed by atoms with Crippen LogP contribution in [0.4, 0.5) is 0 Å². The van der Waals surface area contributed by atoms with Crippen molar-refractivity contribution in [1.82, 2.24) is 25.6 Å². The predicted molar refractivity (Wildman–Crippen MR) is 99.0 cm³/mol. The fourth-order valence-corrected chi connectivity index (χ4v) is 2.86. The molecule has 0 bridgehead atoms. The van der Waals surface area contributed by atoms with E-state index in [0.29, 0.717) is 22.9 Å². The molecule has 27 heavy (non-hydrogen) atoms. The Morgan fingerprint density at radius 1 is 1.07 bits per heavy atom. The molecule has 0 radical (unpaired) electrons. The zero-order valence-corrected chi connectivity index (χ0v) is 16.0. The smallest absolute Gasteiger partial charge is 0.289 e. The Labute approximate surface area is 160 Å². The summed E-state index contributed by atoms with van der Waals surface area (Å²) in [5.41, 5.74) is 6.66. The van der Waals surface area contributed by atoms with E-state index < -0.39 is 11.8 Å². The van der Waals surface area contributed by atoms with E-state index in [0.717, 1.165) is 11.4 Å². The average molecular weight is 388 g/mol. The summed E-state index contributed by atoms with van der Waals surface area (Å²) in [5.74, 6) is 0.370. The summed E-state index contributed by atoms with van der Waals surface area (Å²) in [6.07, 6.45) is 0. The summed E-state index contributed by atoms with van der Waals surface area (Å²) in [6, 6.07) is 6.70. The Bertz CT molecular complexity index is 1040. The van der Waals surface area contributed by atoms with Crippen LogP contribution in [0.3, 0.4) is 0 Å². The molecular weight excluding hydrogens is 370 g/mol. The van der Waals surface area contributed by atoms with Crippen molar-refractivity contribution in [3.63, 3.8) is 0 Å². The lowest BCUT2D eigenvalue weighted by atomic mass is 10.2. The third-order valence-corrected chi connectivity index (χ3v) is 4.15. The summed E-state index contributed by atoms with van der Waals surface area (Å²) < 4.78 is 6.92. The maximum Gasteiger partial charge on any atom is 0.289 e. The van der Waals surface area contributed by atoms with E-state index >= 15 is 0 Å². The van der Waals surface area contributed by atoms with Gasteiger partial charge in [-0.3, -0.25) is 20.4 Å². The van der Waals surface area contributed by atoms with Crippen LogP contribution in [0, 0.1) is 27.7 Å². The van der Waals surface area contributed by atoms with Gasteiger partial charge in [-0.05, 0) is 52.0 Å². The monoisotopic (exact) mass is 387 g/mol. The molecule has 0 aliphatic carbocycles. The van der Waals surface area contributed by atoms with Crippen LogP contribution in [-0.2, 0) is 0 Å². The van der Waals surface area contributed by atoms with Crippen molar-refractivity contribution in [3.8, 4) is 5.82 Å². The van der Waals surface area contributed by atoms with E-state index in [-0.39, 0.29) is 10.7 Å². The highest BCUT2D eigenvalue weighted by Crippen LogP contribution is 2.18. The number of aryl methyl sites for hydroxylation is 4. The highest BCUT2D eigenvalue weighted by atomic mass is 35.5. The largest absolute Gasteiger partial charge is 0.466 e. The SMILES string of the molecule is Cc1cc(C)n(-c2ccc(Cl)c(C(=O)NNC(=O)c3cc(C)oc3C)n2)n1. The minimum absolute atomic E-state index is 0.0258. The lowest BCUT2D eigenvalue weighted by Crippen LogP contribution is -2.42. The van der Waals surface area contributed by atoms with Gasteiger partial charge >= 0.3 is 0 Å². The van der Waals surface area contributed by atoms with Gasteiger partial charge < -0.3 is 4.42 Å². The molecule has 0 saturated carbocycles. The molecule has 0 atom stereocenters. The van der Waals surface area contributed by atoms with Crippen molar-refractivity contribution in [3.05, 3.63) is 63.5 Å². The van der Waals surface area contributed by atoms with Crippen LogP contribution in [0.1, 0.15) is 43.8 Å². The van der Waals surface area contributed by atoms with E-state index in [9.17, 15) is 9.59 Å². The number of carbonyl (C=O) groups is 2. The van der Waals surface area contributed by atoms with Crippen LogP contribution < -0.4 is 10.9 Å². The van der Waals surface area contributed by atoms with Crippen molar-refractivity contribution in [1.29, 1.82) is 0 Å². The van der Waals surface area contributed by atoms with Crippen LogP contribution >= 0.6 is 11.6 Å². The average Bonchev–Trinajstić information content (AvgIpc) is 3.13. The molecule has 3 heterocycles. The third kappa shape index (κ3) is 3.85. The molecule has 8 nitrogen and oxygen atoms in total. The fraction of sp³-hybridized carbons (Fsp3) is 0.222. The maximum absolute atomic E-state index is 12.4. The summed E-state index contributed by atoms with van der Waals surface area (Å²) in [5, 5.41) is 4.49. The normalized spacial score (nSPS) is 10.7. The summed E-state index contributed by atoms with van der Waals surface area (Å²) in [6.45, 7) is 7.14. The Morgan fingerprint density at radius 3 is 2.37 bits per heavy atom. The second-order valence-electron chi connectivity index (χ2n) is 6.07. The van der Waals surface area contributed by atoms with Crippen molar-refractivity contribution in [2.24, 2.45) is 0 Å². The second-order valence-corrected chi connectivity index (χ2v) is 6.48. The number of hydrogen-bond donors (Lipinski definition) is 2. The first kappa shape index (κ1) is 18.7. The van der Waals surface area contributed by atoms with E-state index in [2.05, 4.69) is 20.9 Å². The molecule has 9 heteroatoms. The molecule has 140 valence electrons. The number of carbonyl (C=O) groups excluding carboxylic acids is 2. The predicted octanol–water partition coefficient (Wildman–Crippen LogP) is 2.82. The van der Waals surface area contributed by atoms with Gasteiger partial charge in [0, 0.05) is 5.69 Å². The van der Waals surface area contributed by atoms with Crippen molar-refractivity contribution in [2.45, 2.75) is 27.7 Å². The van der Waals surface area contributed by atoms with Gasteiger partial charge in [0.05, 0.1) is 16.3 Å². The molecule has 0 saturated heterocycles. The molecule has 3 rings (SSSR count). The number of rotatable bonds is 3. The molecule has 3 aromatic heterocycles. The third-order valence-electron chi connectivity index (χ3n) is 3.85. The first-order valence-electron chi connectivity index (χ1n) is 8.14. The fourth-order valence-electron chi connectivity index (χ4n) is 2.67. The minimum atomic E-state index is -0.644. The standard InChI is InChI=1S/C18H18ClN5O3/c1-9-7-10(2)24(23-9)15-6-5-14(19)16(20-15)18(26)22-21-17(25)13-8-11(3)27-12(13)4/h5-8H,1-4H3,(H,21,25)(H,22,26). The topological polar surface area (TPSA) is 102 Å². The van der Waals surface area contributed by atoms with Crippen molar-refractivity contribution in [2.75, 3.05) is 0 Å². The van der Waals surface area contributed by atoms with Gasteiger partial charge in [0.25, 0.3) is 11.8 Å². The second kappa shape index (κ2) is 7.24. The molecule has 0 fully saturated rings. The van der Waals surface area contributed by atoms with Gasteiger partial charge in [-0.1, -0.05) is 11.6 Å². The van der Waals surface area contributed by atoms with Gasteiger partial charge in [0.2, 0.25) is 0 Å². The first-order chi connectivity index (χ1) is 12.8. The van der Waals surface area contributed by atoms with Crippen LogP contribution in [-0.4, -0.2) is 26.6 Å².